The number of benzene rings is 2. The van der Waals surface area contributed by atoms with Crippen LogP contribution in [0.15, 0.2) is 47.4 Å². The van der Waals surface area contributed by atoms with E-state index in [2.05, 4.69) is 0 Å². The molecule has 2 aromatic carbocycles. The summed E-state index contributed by atoms with van der Waals surface area (Å²) in [5, 5.41) is 9.28. The van der Waals surface area contributed by atoms with Crippen LogP contribution < -0.4 is 0 Å². The van der Waals surface area contributed by atoms with Gasteiger partial charge in [0, 0.05) is 25.2 Å². The van der Waals surface area contributed by atoms with Crippen molar-refractivity contribution in [3.05, 3.63) is 65.0 Å². The molecule has 0 aliphatic carbocycles. The molecular weight excluding hydrogens is 371 g/mol. The summed E-state index contributed by atoms with van der Waals surface area (Å²) < 4.78 is 41.5. The van der Waals surface area contributed by atoms with Crippen molar-refractivity contribution >= 4 is 16.0 Å². The molecule has 8 heteroatoms. The van der Waals surface area contributed by atoms with Gasteiger partial charge in [-0.15, -0.1) is 0 Å². The minimum atomic E-state index is -4.01. The third-order valence-corrected chi connectivity index (χ3v) is 6.02. The maximum Gasteiger partial charge on any atom is 0.335 e. The first-order valence-corrected chi connectivity index (χ1v) is 9.79. The lowest BCUT2D eigenvalue weighted by molar-refractivity contribution is 0.0696. The molecule has 0 atom stereocenters. The Hall–Kier alpha value is -2.29. The van der Waals surface area contributed by atoms with Crippen LogP contribution in [0.1, 0.15) is 21.5 Å². The van der Waals surface area contributed by atoms with Crippen LogP contribution in [-0.2, 0) is 16.6 Å². The summed E-state index contributed by atoms with van der Waals surface area (Å²) in [6, 6.07) is 9.98. The summed E-state index contributed by atoms with van der Waals surface area (Å²) in [5.41, 5.74) is 0.648. The van der Waals surface area contributed by atoms with Crippen LogP contribution in [-0.4, -0.2) is 55.9 Å². The van der Waals surface area contributed by atoms with Crippen molar-refractivity contribution in [2.45, 2.75) is 18.4 Å². The van der Waals surface area contributed by atoms with E-state index in [0.29, 0.717) is 12.1 Å². The number of likely N-dealkylation sites (N-methyl/N-ethyl adjacent to an activating group) is 1. The SMILES string of the molecule is Cc1ccc(S(=O)(=O)N(CCN(C)C)Cc2ccccc2F)cc1C(=O)O. The second-order valence-electron chi connectivity index (χ2n) is 6.52. The number of aryl methyl sites for hydroxylation is 1. The highest BCUT2D eigenvalue weighted by molar-refractivity contribution is 7.89. The lowest BCUT2D eigenvalue weighted by atomic mass is 10.1. The summed E-state index contributed by atoms with van der Waals surface area (Å²) >= 11 is 0. The molecular formula is C19H23FN2O4S. The standard InChI is InChI=1S/C19H23FN2O4S/c1-14-8-9-16(12-17(14)19(23)24)27(25,26)22(11-10-21(2)3)13-15-6-4-5-7-18(15)20/h4-9,12H,10-11,13H2,1-3H3,(H,23,24). The fourth-order valence-electron chi connectivity index (χ4n) is 2.55. The highest BCUT2D eigenvalue weighted by Gasteiger charge is 2.26. The van der Waals surface area contributed by atoms with Crippen LogP contribution >= 0.6 is 0 Å². The molecule has 0 heterocycles. The van der Waals surface area contributed by atoms with E-state index < -0.39 is 21.8 Å². The van der Waals surface area contributed by atoms with E-state index in [9.17, 15) is 22.7 Å². The van der Waals surface area contributed by atoms with Gasteiger partial charge < -0.3 is 10.0 Å². The summed E-state index contributed by atoms with van der Waals surface area (Å²) in [6.45, 7) is 2.04. The Balaban J connectivity index is 2.45. The Labute approximate surface area is 158 Å². The van der Waals surface area contributed by atoms with Crippen molar-refractivity contribution in [1.82, 2.24) is 9.21 Å². The van der Waals surface area contributed by atoms with E-state index in [4.69, 9.17) is 0 Å². The zero-order chi connectivity index (χ0) is 20.2. The topological polar surface area (TPSA) is 77.9 Å². The number of carboxylic acids is 1. The van der Waals surface area contributed by atoms with Gasteiger partial charge in [0.05, 0.1) is 10.5 Å². The van der Waals surface area contributed by atoms with Crippen LogP contribution in [0, 0.1) is 12.7 Å². The predicted molar refractivity (Wildman–Crippen MR) is 101 cm³/mol. The Kier molecular flexibility index (Phi) is 6.69. The molecule has 0 bridgehead atoms. The van der Waals surface area contributed by atoms with E-state index in [0.717, 1.165) is 6.07 Å². The maximum atomic E-state index is 14.1. The molecule has 1 N–H and O–H groups in total. The quantitative estimate of drug-likeness (QED) is 0.745. The molecule has 2 rings (SSSR count). The largest absolute Gasteiger partial charge is 0.478 e. The van der Waals surface area contributed by atoms with Crippen molar-refractivity contribution in [3.63, 3.8) is 0 Å². The molecule has 0 radical (unpaired) electrons. The van der Waals surface area contributed by atoms with Gasteiger partial charge >= 0.3 is 5.97 Å². The molecule has 0 saturated carbocycles. The Morgan fingerprint density at radius 2 is 1.78 bits per heavy atom. The molecule has 0 aliphatic heterocycles. The lowest BCUT2D eigenvalue weighted by Crippen LogP contribution is -2.36. The third kappa shape index (κ3) is 5.12. The zero-order valence-electron chi connectivity index (χ0n) is 15.5. The first kappa shape index (κ1) is 21.0. The summed E-state index contributed by atoms with van der Waals surface area (Å²) in [4.78, 5) is 13.1. The average molecular weight is 394 g/mol. The van der Waals surface area contributed by atoms with E-state index in [-0.39, 0.29) is 29.1 Å². The molecule has 27 heavy (non-hydrogen) atoms. The number of nitrogens with zero attached hydrogens (tertiary/aromatic N) is 2. The summed E-state index contributed by atoms with van der Waals surface area (Å²) in [6.07, 6.45) is 0. The minimum absolute atomic E-state index is 0.0745. The fourth-order valence-corrected chi connectivity index (χ4v) is 3.99. The van der Waals surface area contributed by atoms with Crippen LogP contribution in [0.3, 0.4) is 0 Å². The summed E-state index contributed by atoms with van der Waals surface area (Å²) in [5.74, 6) is -1.68. The molecule has 0 aromatic heterocycles. The van der Waals surface area contributed by atoms with Gasteiger partial charge in [-0.3, -0.25) is 0 Å². The first-order valence-electron chi connectivity index (χ1n) is 8.35. The number of sulfonamides is 1. The zero-order valence-corrected chi connectivity index (χ0v) is 16.3. The normalized spacial score (nSPS) is 11.9. The first-order chi connectivity index (χ1) is 12.6. The number of rotatable bonds is 8. The van der Waals surface area contributed by atoms with Crippen LogP contribution in [0.5, 0.6) is 0 Å². The van der Waals surface area contributed by atoms with Crippen LogP contribution in [0.25, 0.3) is 0 Å². The van der Waals surface area contributed by atoms with Crippen molar-refractivity contribution in [2.75, 3.05) is 27.2 Å². The molecule has 0 amide bonds. The molecule has 0 saturated heterocycles. The van der Waals surface area contributed by atoms with E-state index in [1.165, 1.54) is 34.6 Å². The van der Waals surface area contributed by atoms with Crippen molar-refractivity contribution in [1.29, 1.82) is 0 Å². The highest BCUT2D eigenvalue weighted by atomic mass is 32.2. The average Bonchev–Trinajstić information content (AvgIpc) is 2.59. The van der Waals surface area contributed by atoms with Gasteiger partial charge in [-0.25, -0.2) is 17.6 Å². The van der Waals surface area contributed by atoms with Crippen molar-refractivity contribution < 1.29 is 22.7 Å². The number of carboxylic acid groups (broad SMARTS) is 1. The van der Waals surface area contributed by atoms with E-state index in [1.807, 2.05) is 19.0 Å². The fraction of sp³-hybridized carbons (Fsp3) is 0.316. The molecule has 0 fully saturated rings. The molecule has 2 aromatic rings. The second kappa shape index (κ2) is 8.60. The van der Waals surface area contributed by atoms with Gasteiger partial charge in [-0.05, 0) is 44.8 Å². The van der Waals surface area contributed by atoms with Gasteiger partial charge in [0.25, 0.3) is 0 Å². The minimum Gasteiger partial charge on any atom is -0.478 e. The van der Waals surface area contributed by atoms with E-state index >= 15 is 0 Å². The molecule has 146 valence electrons. The lowest BCUT2D eigenvalue weighted by Gasteiger charge is -2.24. The number of hydrogen-bond acceptors (Lipinski definition) is 4. The molecule has 6 nitrogen and oxygen atoms in total. The molecule has 0 spiro atoms. The number of carbonyl (C=O) groups is 1. The summed E-state index contributed by atoms with van der Waals surface area (Å²) in [7, 11) is -0.392. The molecule has 0 aliphatic rings. The smallest absolute Gasteiger partial charge is 0.335 e. The number of hydrogen-bond donors (Lipinski definition) is 1. The van der Waals surface area contributed by atoms with Gasteiger partial charge in [-0.1, -0.05) is 24.3 Å². The van der Waals surface area contributed by atoms with Crippen molar-refractivity contribution in [2.24, 2.45) is 0 Å². The number of halogens is 1. The Morgan fingerprint density at radius 3 is 2.37 bits per heavy atom. The Morgan fingerprint density at radius 1 is 1.11 bits per heavy atom. The maximum absolute atomic E-state index is 14.1. The Bertz CT molecular complexity index is 929. The predicted octanol–water partition coefficient (Wildman–Crippen LogP) is 2.58. The number of aromatic carboxylic acids is 1. The van der Waals surface area contributed by atoms with Crippen LogP contribution in [0.2, 0.25) is 0 Å². The second-order valence-corrected chi connectivity index (χ2v) is 8.45. The van der Waals surface area contributed by atoms with Crippen LogP contribution in [0.4, 0.5) is 4.39 Å². The van der Waals surface area contributed by atoms with Gasteiger partial charge in [-0.2, -0.15) is 4.31 Å². The van der Waals surface area contributed by atoms with Gasteiger partial charge in [0.15, 0.2) is 0 Å². The van der Waals surface area contributed by atoms with Gasteiger partial charge in [0.1, 0.15) is 5.82 Å². The highest BCUT2D eigenvalue weighted by Crippen LogP contribution is 2.22. The van der Waals surface area contributed by atoms with Gasteiger partial charge in [0.2, 0.25) is 10.0 Å². The van der Waals surface area contributed by atoms with E-state index in [1.54, 1.807) is 13.0 Å². The third-order valence-electron chi connectivity index (χ3n) is 4.18. The molecule has 0 unspecified atom stereocenters. The van der Waals surface area contributed by atoms with Crippen molar-refractivity contribution in [3.8, 4) is 0 Å². The monoisotopic (exact) mass is 394 g/mol.